The molecule has 5 atom stereocenters. The van der Waals surface area contributed by atoms with E-state index in [9.17, 15) is 14.7 Å². The van der Waals surface area contributed by atoms with Crippen molar-refractivity contribution in [1.82, 2.24) is 4.90 Å². The summed E-state index contributed by atoms with van der Waals surface area (Å²) in [4.78, 5) is 26.3. The third-order valence-corrected chi connectivity index (χ3v) is 5.48. The molecule has 4 rings (SSSR count). The highest BCUT2D eigenvalue weighted by Gasteiger charge is 2.67. The minimum Gasteiger partial charge on any atom is -0.497 e. The van der Waals surface area contributed by atoms with Crippen LogP contribution in [0.3, 0.4) is 0 Å². The summed E-state index contributed by atoms with van der Waals surface area (Å²) < 4.78 is 11.1. The molecule has 2 bridgehead atoms. The molecule has 3 aliphatic rings. The molecule has 6 heteroatoms. The van der Waals surface area contributed by atoms with Crippen molar-refractivity contribution >= 4 is 11.9 Å². The predicted octanol–water partition coefficient (Wildman–Crippen LogP) is 1.62. The molecule has 24 heavy (non-hydrogen) atoms. The maximum atomic E-state index is 12.9. The molecule has 2 fully saturated rings. The molecule has 0 saturated carbocycles. The number of nitrogens with zero attached hydrogens (tertiary/aromatic N) is 1. The van der Waals surface area contributed by atoms with E-state index >= 15 is 0 Å². The molecule has 1 amide bonds. The second-order valence-electron chi connectivity index (χ2n) is 6.65. The summed E-state index contributed by atoms with van der Waals surface area (Å²) in [5.41, 5.74) is 0.192. The van der Waals surface area contributed by atoms with Crippen LogP contribution in [0.4, 0.5) is 0 Å². The molecule has 1 N–H and O–H groups in total. The van der Waals surface area contributed by atoms with E-state index < -0.39 is 29.5 Å². The van der Waals surface area contributed by atoms with Gasteiger partial charge in [-0.15, -0.1) is 0 Å². The van der Waals surface area contributed by atoms with Gasteiger partial charge in [-0.05, 0) is 24.6 Å². The van der Waals surface area contributed by atoms with Crippen molar-refractivity contribution in [3.05, 3.63) is 42.0 Å². The highest BCUT2D eigenvalue weighted by molar-refractivity contribution is 5.91. The third kappa shape index (κ3) is 1.92. The van der Waals surface area contributed by atoms with Crippen molar-refractivity contribution in [3.8, 4) is 5.75 Å². The normalized spacial score (nSPS) is 34.5. The summed E-state index contributed by atoms with van der Waals surface area (Å²) in [7, 11) is 1.61. The summed E-state index contributed by atoms with van der Waals surface area (Å²) in [5.74, 6) is -1.78. The van der Waals surface area contributed by atoms with E-state index in [0.717, 1.165) is 11.3 Å². The molecule has 0 aliphatic carbocycles. The Hall–Kier alpha value is -2.34. The first-order chi connectivity index (χ1) is 11.5. The number of ether oxygens (including phenoxy) is 2. The number of amides is 1. The molecule has 6 nitrogen and oxygen atoms in total. The number of hydrogen-bond acceptors (Lipinski definition) is 4. The van der Waals surface area contributed by atoms with E-state index in [4.69, 9.17) is 9.47 Å². The highest BCUT2D eigenvalue weighted by Crippen LogP contribution is 2.53. The number of likely N-dealkylation sites (tertiary alicyclic amines) is 1. The number of fused-ring (bicyclic) bond motifs is 1. The molecule has 2 saturated heterocycles. The molecule has 126 valence electrons. The van der Waals surface area contributed by atoms with Gasteiger partial charge in [0.25, 0.3) is 0 Å². The minimum absolute atomic E-state index is 0.141. The lowest BCUT2D eigenvalue weighted by molar-refractivity contribution is -0.148. The minimum atomic E-state index is -0.969. The smallest absolute Gasteiger partial charge is 0.310 e. The van der Waals surface area contributed by atoms with Crippen LogP contribution < -0.4 is 4.74 Å². The Morgan fingerprint density at radius 2 is 2.12 bits per heavy atom. The third-order valence-electron chi connectivity index (χ3n) is 5.48. The summed E-state index contributed by atoms with van der Waals surface area (Å²) >= 11 is 0. The monoisotopic (exact) mass is 329 g/mol. The zero-order valence-corrected chi connectivity index (χ0v) is 13.5. The zero-order chi connectivity index (χ0) is 17.1. The van der Waals surface area contributed by atoms with E-state index in [1.807, 2.05) is 37.3 Å². The van der Waals surface area contributed by atoms with Crippen molar-refractivity contribution in [1.29, 1.82) is 0 Å². The molecule has 0 aromatic heterocycles. The predicted molar refractivity (Wildman–Crippen MR) is 84.5 cm³/mol. The molecular formula is C18H19NO5. The van der Waals surface area contributed by atoms with Gasteiger partial charge < -0.3 is 19.5 Å². The average molecular weight is 329 g/mol. The second-order valence-corrected chi connectivity index (χ2v) is 6.65. The molecule has 3 aliphatic heterocycles. The summed E-state index contributed by atoms with van der Waals surface area (Å²) in [6.45, 7) is 2.34. The summed E-state index contributed by atoms with van der Waals surface area (Å²) in [6.07, 6.45) is 3.17. The van der Waals surface area contributed by atoms with Gasteiger partial charge in [-0.25, -0.2) is 0 Å². The topological polar surface area (TPSA) is 76.1 Å². The molecule has 1 spiro atoms. The van der Waals surface area contributed by atoms with E-state index in [0.29, 0.717) is 6.54 Å². The van der Waals surface area contributed by atoms with E-state index in [1.165, 1.54) is 0 Å². The van der Waals surface area contributed by atoms with Crippen molar-refractivity contribution < 1.29 is 24.2 Å². The van der Waals surface area contributed by atoms with Gasteiger partial charge in [0.15, 0.2) is 0 Å². The van der Waals surface area contributed by atoms with Gasteiger partial charge in [0.2, 0.25) is 5.91 Å². The Bertz CT molecular complexity index is 727. The van der Waals surface area contributed by atoms with Gasteiger partial charge in [-0.2, -0.15) is 0 Å². The molecule has 1 aromatic carbocycles. The Balaban J connectivity index is 1.63. The number of carbonyl (C=O) groups is 2. The van der Waals surface area contributed by atoms with Crippen LogP contribution in [-0.2, 0) is 14.3 Å². The molecule has 1 aromatic rings. The Morgan fingerprint density at radius 1 is 1.42 bits per heavy atom. The summed E-state index contributed by atoms with van der Waals surface area (Å²) in [6, 6.07) is 7.39. The number of carbonyl (C=O) groups excluding carboxylic acids is 1. The van der Waals surface area contributed by atoms with Crippen LogP contribution in [0, 0.1) is 11.8 Å². The second kappa shape index (κ2) is 5.08. The Morgan fingerprint density at radius 3 is 2.75 bits per heavy atom. The van der Waals surface area contributed by atoms with Gasteiger partial charge in [0.1, 0.15) is 17.3 Å². The number of rotatable bonds is 4. The standard InChI is InChI=1S/C18H19NO5/c1-10(11-3-5-12(23-2)6-4-11)19-9-18-8-7-13(24-18)14(17(21)22)15(18)16(19)20/h3-8,10,13-15H,9H2,1-2H3,(H,21,22)/t10-,13+,14-,15+,18-/m1/s1. The van der Waals surface area contributed by atoms with Gasteiger partial charge in [0.05, 0.1) is 31.7 Å². The number of carboxylic acids is 1. The van der Waals surface area contributed by atoms with Gasteiger partial charge >= 0.3 is 5.97 Å². The molecule has 0 unspecified atom stereocenters. The van der Waals surface area contributed by atoms with E-state index in [2.05, 4.69) is 0 Å². The first-order valence-corrected chi connectivity index (χ1v) is 8.01. The lowest BCUT2D eigenvalue weighted by Gasteiger charge is -2.27. The lowest BCUT2D eigenvalue weighted by Crippen LogP contribution is -2.39. The van der Waals surface area contributed by atoms with Gasteiger partial charge in [-0.3, -0.25) is 9.59 Å². The van der Waals surface area contributed by atoms with Gasteiger partial charge in [0, 0.05) is 0 Å². The van der Waals surface area contributed by atoms with E-state index in [-0.39, 0.29) is 11.9 Å². The number of methoxy groups -OCH3 is 1. The van der Waals surface area contributed by atoms with Crippen molar-refractivity contribution in [3.63, 3.8) is 0 Å². The van der Waals surface area contributed by atoms with E-state index in [1.54, 1.807) is 18.1 Å². The van der Waals surface area contributed by atoms with Crippen molar-refractivity contribution in [2.24, 2.45) is 11.8 Å². The van der Waals surface area contributed by atoms with Crippen LogP contribution in [0.5, 0.6) is 5.75 Å². The van der Waals surface area contributed by atoms with Crippen LogP contribution in [0.15, 0.2) is 36.4 Å². The largest absolute Gasteiger partial charge is 0.497 e. The van der Waals surface area contributed by atoms with Crippen molar-refractivity contribution in [2.45, 2.75) is 24.7 Å². The lowest BCUT2D eigenvalue weighted by atomic mass is 9.77. The van der Waals surface area contributed by atoms with Crippen LogP contribution >= 0.6 is 0 Å². The summed E-state index contributed by atoms with van der Waals surface area (Å²) in [5, 5.41) is 9.50. The SMILES string of the molecule is COc1ccc([C@@H](C)N2C[C@@]34C=C[C@H](O3)[C@@H](C(=O)O)[C@H]4C2=O)cc1. The first kappa shape index (κ1) is 15.2. The Labute approximate surface area is 139 Å². The van der Waals surface area contributed by atoms with Crippen LogP contribution in [0.2, 0.25) is 0 Å². The van der Waals surface area contributed by atoms with Crippen LogP contribution in [0.25, 0.3) is 0 Å². The number of aliphatic carboxylic acids is 1. The number of carboxylic acid groups (broad SMARTS) is 1. The fraction of sp³-hybridized carbons (Fsp3) is 0.444. The van der Waals surface area contributed by atoms with Crippen LogP contribution in [-0.4, -0.2) is 47.2 Å². The van der Waals surface area contributed by atoms with Gasteiger partial charge in [-0.1, -0.05) is 24.3 Å². The maximum Gasteiger partial charge on any atom is 0.310 e. The van der Waals surface area contributed by atoms with Crippen LogP contribution in [0.1, 0.15) is 18.5 Å². The Kier molecular flexibility index (Phi) is 3.22. The zero-order valence-electron chi connectivity index (χ0n) is 13.5. The number of hydrogen-bond donors (Lipinski definition) is 1. The first-order valence-electron chi connectivity index (χ1n) is 8.01. The van der Waals surface area contributed by atoms with Crippen molar-refractivity contribution in [2.75, 3.05) is 13.7 Å². The quantitative estimate of drug-likeness (QED) is 0.850. The highest BCUT2D eigenvalue weighted by atomic mass is 16.5. The number of benzene rings is 1. The molecule has 0 radical (unpaired) electrons. The molecular weight excluding hydrogens is 310 g/mol. The molecule has 3 heterocycles. The maximum absolute atomic E-state index is 12.9. The average Bonchev–Trinajstić information content (AvgIpc) is 3.22. The fourth-order valence-electron chi connectivity index (χ4n) is 4.20. The fourth-order valence-corrected chi connectivity index (χ4v) is 4.20.